The van der Waals surface area contributed by atoms with Crippen molar-refractivity contribution in [2.75, 3.05) is 26.7 Å². The average molecular weight is 326 g/mol. The van der Waals surface area contributed by atoms with Gasteiger partial charge in [-0.25, -0.2) is 9.59 Å². The van der Waals surface area contributed by atoms with Crippen LogP contribution in [0.5, 0.6) is 0 Å². The van der Waals surface area contributed by atoms with Gasteiger partial charge in [-0.1, -0.05) is 6.08 Å². The predicted octanol–water partition coefficient (Wildman–Crippen LogP) is 1.27. The molecule has 1 atom stereocenters. The quantitative estimate of drug-likeness (QED) is 0.449. The molecule has 0 unspecified atom stereocenters. The Morgan fingerprint density at radius 2 is 2.00 bits per heavy atom. The number of likely N-dealkylation sites (tertiary alicyclic amines) is 1. The number of Topliss-reactive ketones (excluding diaryl/α,β-unsaturated/α-hetero) is 1. The smallest absolute Gasteiger partial charge is 0.408 e. The molecule has 0 aromatic carbocycles. The van der Waals surface area contributed by atoms with Gasteiger partial charge >= 0.3 is 12.1 Å². The van der Waals surface area contributed by atoms with Crippen LogP contribution in [0.3, 0.4) is 0 Å². The molecule has 1 N–H and O–H groups in total. The summed E-state index contributed by atoms with van der Waals surface area (Å²) in [6.45, 7) is 9.54. The van der Waals surface area contributed by atoms with E-state index in [4.69, 9.17) is 9.47 Å². The van der Waals surface area contributed by atoms with Gasteiger partial charge in [-0.15, -0.1) is 6.58 Å². The summed E-state index contributed by atoms with van der Waals surface area (Å²) >= 11 is 0. The molecule has 1 amide bonds. The summed E-state index contributed by atoms with van der Waals surface area (Å²) in [5.74, 6) is -1.01. The number of hydrogen-bond donors (Lipinski definition) is 1. The lowest BCUT2D eigenvalue weighted by atomic mass is 9.90. The molecule has 0 bridgehead atoms. The van der Waals surface area contributed by atoms with Gasteiger partial charge in [-0.2, -0.15) is 0 Å². The van der Waals surface area contributed by atoms with Crippen LogP contribution < -0.4 is 5.32 Å². The third kappa shape index (κ3) is 4.54. The van der Waals surface area contributed by atoms with Gasteiger partial charge in [0.15, 0.2) is 11.3 Å². The molecule has 0 spiro atoms. The Hall–Kier alpha value is -1.89. The molecule has 0 saturated carbocycles. The first-order valence-corrected chi connectivity index (χ1v) is 7.62. The number of nitrogens with one attached hydrogen (secondary N) is 1. The Morgan fingerprint density at radius 1 is 1.35 bits per heavy atom. The molecule has 1 heterocycles. The Morgan fingerprint density at radius 3 is 2.52 bits per heavy atom. The Labute approximate surface area is 137 Å². The largest absolute Gasteiger partial charge is 0.467 e. The second-order valence-corrected chi connectivity index (χ2v) is 6.47. The van der Waals surface area contributed by atoms with Crippen molar-refractivity contribution in [2.45, 2.75) is 44.8 Å². The third-order valence-corrected chi connectivity index (χ3v) is 3.63. The number of ketones is 1. The molecular formula is C16H26N2O5. The van der Waals surface area contributed by atoms with Crippen molar-refractivity contribution in [3.63, 3.8) is 0 Å². The fourth-order valence-corrected chi connectivity index (χ4v) is 2.72. The van der Waals surface area contributed by atoms with Gasteiger partial charge in [0.2, 0.25) is 0 Å². The highest BCUT2D eigenvalue weighted by Gasteiger charge is 2.53. The van der Waals surface area contributed by atoms with E-state index < -0.39 is 29.0 Å². The molecule has 7 heteroatoms. The molecule has 0 aromatic rings. The van der Waals surface area contributed by atoms with Gasteiger partial charge in [0, 0.05) is 13.1 Å². The molecule has 1 rings (SSSR count). The molecule has 7 nitrogen and oxygen atoms in total. The number of carbonyl (C=O) groups is 3. The van der Waals surface area contributed by atoms with Crippen molar-refractivity contribution in [3.8, 4) is 0 Å². The third-order valence-electron chi connectivity index (χ3n) is 3.63. The minimum atomic E-state index is -1.36. The first kappa shape index (κ1) is 19.2. The van der Waals surface area contributed by atoms with E-state index in [1.54, 1.807) is 31.7 Å². The lowest BCUT2D eigenvalue weighted by molar-refractivity contribution is -0.158. The summed E-state index contributed by atoms with van der Waals surface area (Å²) in [5.41, 5.74) is -2.02. The zero-order valence-corrected chi connectivity index (χ0v) is 14.3. The van der Waals surface area contributed by atoms with Crippen molar-refractivity contribution in [1.82, 2.24) is 10.2 Å². The minimum absolute atomic E-state index is 0.294. The van der Waals surface area contributed by atoms with E-state index >= 15 is 0 Å². The van der Waals surface area contributed by atoms with Gasteiger partial charge < -0.3 is 14.8 Å². The second kappa shape index (κ2) is 7.59. The summed E-state index contributed by atoms with van der Waals surface area (Å²) < 4.78 is 9.94. The number of methoxy groups -OCH3 is 1. The van der Waals surface area contributed by atoms with E-state index in [0.29, 0.717) is 25.9 Å². The fourth-order valence-electron chi connectivity index (χ4n) is 2.72. The highest BCUT2D eigenvalue weighted by molar-refractivity contribution is 6.10. The molecule has 23 heavy (non-hydrogen) atoms. The maximum Gasteiger partial charge on any atom is 0.408 e. The molecule has 130 valence electrons. The van der Waals surface area contributed by atoms with Crippen LogP contribution in [0.2, 0.25) is 0 Å². The van der Waals surface area contributed by atoms with Crippen molar-refractivity contribution >= 4 is 17.8 Å². The Bertz CT molecular complexity index is 483. The number of hydrogen-bond acceptors (Lipinski definition) is 6. The van der Waals surface area contributed by atoms with Crippen molar-refractivity contribution in [3.05, 3.63) is 12.7 Å². The SMILES string of the molecule is C=CCN1CCC[C@@]1(C(=O)CNC(=O)OC(C)(C)C)C(=O)OC. The number of esters is 1. The van der Waals surface area contributed by atoms with Crippen LogP contribution in [-0.4, -0.2) is 60.6 Å². The predicted molar refractivity (Wildman–Crippen MR) is 85.0 cm³/mol. The van der Waals surface area contributed by atoms with Gasteiger partial charge in [0.25, 0.3) is 0 Å². The van der Waals surface area contributed by atoms with E-state index in [-0.39, 0.29) is 6.54 Å². The molecule has 1 aliphatic rings. The van der Waals surface area contributed by atoms with Crippen LogP contribution in [0.15, 0.2) is 12.7 Å². The highest BCUT2D eigenvalue weighted by Crippen LogP contribution is 2.31. The van der Waals surface area contributed by atoms with E-state index in [1.165, 1.54) is 7.11 Å². The number of rotatable bonds is 6. The lowest BCUT2D eigenvalue weighted by Gasteiger charge is -2.33. The fraction of sp³-hybridized carbons (Fsp3) is 0.688. The van der Waals surface area contributed by atoms with Crippen molar-refractivity contribution in [1.29, 1.82) is 0 Å². The number of alkyl carbamates (subject to hydrolysis) is 1. The first-order chi connectivity index (χ1) is 10.7. The number of carbonyl (C=O) groups excluding carboxylic acids is 3. The molecule has 0 aromatic heterocycles. The lowest BCUT2D eigenvalue weighted by Crippen LogP contribution is -2.59. The topological polar surface area (TPSA) is 84.9 Å². The van der Waals surface area contributed by atoms with Gasteiger partial charge in [0.1, 0.15) is 5.60 Å². The first-order valence-electron chi connectivity index (χ1n) is 7.62. The maximum absolute atomic E-state index is 12.7. The Balaban J connectivity index is 2.84. The second-order valence-electron chi connectivity index (χ2n) is 6.47. The summed E-state index contributed by atoms with van der Waals surface area (Å²) in [5, 5.41) is 2.41. The summed E-state index contributed by atoms with van der Waals surface area (Å²) in [4.78, 5) is 38.4. The maximum atomic E-state index is 12.7. The van der Waals surface area contributed by atoms with Crippen LogP contribution in [0, 0.1) is 0 Å². The average Bonchev–Trinajstić information content (AvgIpc) is 2.87. The van der Waals surface area contributed by atoms with E-state index in [2.05, 4.69) is 11.9 Å². The van der Waals surface area contributed by atoms with Crippen LogP contribution >= 0.6 is 0 Å². The van der Waals surface area contributed by atoms with Crippen LogP contribution in [-0.2, 0) is 19.1 Å². The van der Waals surface area contributed by atoms with E-state index in [0.717, 1.165) is 0 Å². The zero-order chi connectivity index (χ0) is 17.7. The molecule has 0 aliphatic carbocycles. The van der Waals surface area contributed by atoms with Gasteiger partial charge in [0.05, 0.1) is 13.7 Å². The van der Waals surface area contributed by atoms with Crippen molar-refractivity contribution < 1.29 is 23.9 Å². The van der Waals surface area contributed by atoms with E-state index in [9.17, 15) is 14.4 Å². The zero-order valence-electron chi connectivity index (χ0n) is 14.3. The molecule has 1 fully saturated rings. The minimum Gasteiger partial charge on any atom is -0.467 e. The number of ether oxygens (including phenoxy) is 2. The number of nitrogens with zero attached hydrogens (tertiary/aromatic N) is 1. The standard InChI is InChI=1S/C16H26N2O5/c1-6-9-18-10-7-8-16(18,13(20)22-5)12(19)11-17-14(21)23-15(2,3)4/h6H,1,7-11H2,2-5H3,(H,17,21)/t16-/m1/s1. The Kier molecular flexibility index (Phi) is 6.32. The van der Waals surface area contributed by atoms with Crippen LogP contribution in [0.25, 0.3) is 0 Å². The summed E-state index contributed by atoms with van der Waals surface area (Å²) in [7, 11) is 1.25. The molecular weight excluding hydrogens is 300 g/mol. The van der Waals surface area contributed by atoms with Crippen LogP contribution in [0.1, 0.15) is 33.6 Å². The van der Waals surface area contributed by atoms with Crippen molar-refractivity contribution in [2.24, 2.45) is 0 Å². The molecule has 0 radical (unpaired) electrons. The normalized spacial score (nSPS) is 21.6. The summed E-state index contributed by atoms with van der Waals surface area (Å²) in [6, 6.07) is 0. The monoisotopic (exact) mass is 326 g/mol. The van der Waals surface area contributed by atoms with Gasteiger partial charge in [-0.05, 0) is 33.6 Å². The van der Waals surface area contributed by atoms with Crippen LogP contribution in [0.4, 0.5) is 4.79 Å². The number of amides is 1. The van der Waals surface area contributed by atoms with Gasteiger partial charge in [-0.3, -0.25) is 9.69 Å². The molecule has 1 aliphatic heterocycles. The highest BCUT2D eigenvalue weighted by atomic mass is 16.6. The van der Waals surface area contributed by atoms with E-state index in [1.807, 2.05) is 0 Å². The summed E-state index contributed by atoms with van der Waals surface area (Å²) in [6.07, 6.45) is 2.00. The molecule has 1 saturated heterocycles.